The number of hydrogen-bond acceptors (Lipinski definition) is 4. The molecule has 2 unspecified atom stereocenters. The Kier molecular flexibility index (Phi) is 5.82. The van der Waals surface area contributed by atoms with Crippen molar-refractivity contribution in [2.45, 2.75) is 40.2 Å². The van der Waals surface area contributed by atoms with Gasteiger partial charge in [-0.25, -0.2) is 4.79 Å². The van der Waals surface area contributed by atoms with Crippen LogP contribution in [0.5, 0.6) is 0 Å². The van der Waals surface area contributed by atoms with Gasteiger partial charge in [-0.05, 0) is 33.1 Å². The van der Waals surface area contributed by atoms with Gasteiger partial charge in [-0.2, -0.15) is 0 Å². The van der Waals surface area contributed by atoms with Gasteiger partial charge < -0.3 is 20.3 Å². The third-order valence-electron chi connectivity index (χ3n) is 3.10. The summed E-state index contributed by atoms with van der Waals surface area (Å²) < 4.78 is 5.08. The molecule has 0 aliphatic carbocycles. The molecule has 0 aliphatic heterocycles. The van der Waals surface area contributed by atoms with Crippen LogP contribution in [0, 0.1) is 19.8 Å². The first kappa shape index (κ1) is 15.5. The fraction of sp³-hybridized carbons (Fsp3) is 0.692. The fourth-order valence-electron chi connectivity index (χ4n) is 2.02. The number of aromatic nitrogens is 1. The lowest BCUT2D eigenvalue weighted by atomic mass is 10.1. The number of hydrogen-bond donors (Lipinski definition) is 3. The molecule has 108 valence electrons. The molecule has 1 heterocycles. The summed E-state index contributed by atoms with van der Waals surface area (Å²) in [4.78, 5) is 11.7. The Bertz CT molecular complexity index is 398. The first-order chi connectivity index (χ1) is 8.95. The monoisotopic (exact) mass is 269 g/mol. The van der Waals surface area contributed by atoms with E-state index in [0.29, 0.717) is 13.0 Å². The lowest BCUT2D eigenvalue weighted by Gasteiger charge is -2.16. The van der Waals surface area contributed by atoms with Crippen LogP contribution in [0.3, 0.4) is 0 Å². The van der Waals surface area contributed by atoms with Crippen molar-refractivity contribution in [3.63, 3.8) is 0 Å². The van der Waals surface area contributed by atoms with Crippen LogP contribution < -0.4 is 10.6 Å². The maximum absolute atomic E-state index is 11.7. The highest BCUT2D eigenvalue weighted by Crippen LogP contribution is 2.20. The van der Waals surface area contributed by atoms with E-state index in [2.05, 4.69) is 15.8 Å². The molecule has 1 aromatic heterocycles. The maximum atomic E-state index is 11.7. The number of carbonyl (C=O) groups excluding carboxylic acids is 1. The summed E-state index contributed by atoms with van der Waals surface area (Å²) in [5, 5.41) is 18.3. The Morgan fingerprint density at radius 1 is 1.42 bits per heavy atom. The molecular formula is C13H23N3O3. The van der Waals surface area contributed by atoms with Crippen molar-refractivity contribution < 1.29 is 14.4 Å². The summed E-state index contributed by atoms with van der Waals surface area (Å²) >= 11 is 0. The van der Waals surface area contributed by atoms with Crippen LogP contribution in [-0.4, -0.2) is 29.4 Å². The third kappa shape index (κ3) is 4.55. The van der Waals surface area contributed by atoms with Gasteiger partial charge >= 0.3 is 6.03 Å². The van der Waals surface area contributed by atoms with Gasteiger partial charge in [0.05, 0.1) is 11.7 Å². The standard InChI is InChI=1S/C13H23N3O3/c1-8(5-6-17)7-14-13(18)15-9(2)12-10(3)16-19-11(12)4/h8-9,17H,5-7H2,1-4H3,(H2,14,15,18). The number of amides is 2. The number of rotatable bonds is 6. The van der Waals surface area contributed by atoms with E-state index in [1.165, 1.54) is 0 Å². The second-order valence-electron chi connectivity index (χ2n) is 4.93. The quantitative estimate of drug-likeness (QED) is 0.733. The van der Waals surface area contributed by atoms with Gasteiger partial charge in [0, 0.05) is 18.7 Å². The van der Waals surface area contributed by atoms with Crippen molar-refractivity contribution in [3.05, 3.63) is 17.0 Å². The zero-order valence-electron chi connectivity index (χ0n) is 12.0. The van der Waals surface area contributed by atoms with Gasteiger partial charge in [0.1, 0.15) is 5.76 Å². The summed E-state index contributed by atoms with van der Waals surface area (Å²) in [5.74, 6) is 0.976. The number of nitrogens with one attached hydrogen (secondary N) is 2. The van der Waals surface area contributed by atoms with Crippen LogP contribution in [0.1, 0.15) is 43.3 Å². The predicted octanol–water partition coefficient (Wildman–Crippen LogP) is 1.67. The molecule has 0 saturated carbocycles. The minimum absolute atomic E-state index is 0.139. The summed E-state index contributed by atoms with van der Waals surface area (Å²) in [7, 11) is 0. The van der Waals surface area contributed by atoms with E-state index in [0.717, 1.165) is 17.0 Å². The molecule has 0 bridgehead atoms. The zero-order valence-corrected chi connectivity index (χ0v) is 12.0. The highest BCUT2D eigenvalue weighted by molar-refractivity contribution is 5.74. The molecule has 0 aliphatic rings. The lowest BCUT2D eigenvalue weighted by molar-refractivity contribution is 0.231. The first-order valence-corrected chi connectivity index (χ1v) is 6.53. The molecule has 6 nitrogen and oxygen atoms in total. The van der Waals surface area contributed by atoms with Gasteiger partial charge in [0.25, 0.3) is 0 Å². The predicted molar refractivity (Wildman–Crippen MR) is 71.8 cm³/mol. The third-order valence-corrected chi connectivity index (χ3v) is 3.10. The molecule has 1 aromatic rings. The van der Waals surface area contributed by atoms with Crippen LogP contribution >= 0.6 is 0 Å². The lowest BCUT2D eigenvalue weighted by Crippen LogP contribution is -2.39. The Morgan fingerprint density at radius 2 is 2.11 bits per heavy atom. The van der Waals surface area contributed by atoms with Gasteiger partial charge in [-0.3, -0.25) is 0 Å². The summed E-state index contributed by atoms with van der Waals surface area (Å²) in [6.07, 6.45) is 0.680. The average molecular weight is 269 g/mol. The highest BCUT2D eigenvalue weighted by Gasteiger charge is 2.18. The second kappa shape index (κ2) is 7.13. The summed E-state index contributed by atoms with van der Waals surface area (Å²) in [6, 6.07) is -0.378. The normalized spacial score (nSPS) is 13.9. The van der Waals surface area contributed by atoms with Crippen LogP contribution in [0.4, 0.5) is 4.79 Å². The topological polar surface area (TPSA) is 87.4 Å². The second-order valence-corrected chi connectivity index (χ2v) is 4.93. The summed E-state index contributed by atoms with van der Waals surface area (Å²) in [5.41, 5.74) is 1.71. The minimum Gasteiger partial charge on any atom is -0.396 e. The minimum atomic E-state index is -0.225. The molecular weight excluding hydrogens is 246 g/mol. The van der Waals surface area contributed by atoms with E-state index in [4.69, 9.17) is 9.63 Å². The Morgan fingerprint density at radius 3 is 2.63 bits per heavy atom. The highest BCUT2D eigenvalue weighted by atomic mass is 16.5. The molecule has 0 radical (unpaired) electrons. The van der Waals surface area contributed by atoms with Gasteiger partial charge in [0.15, 0.2) is 0 Å². The number of aliphatic hydroxyl groups excluding tert-OH is 1. The van der Waals surface area contributed by atoms with Crippen molar-refractivity contribution in [1.82, 2.24) is 15.8 Å². The van der Waals surface area contributed by atoms with Crippen LogP contribution in [-0.2, 0) is 0 Å². The van der Waals surface area contributed by atoms with Crippen molar-refractivity contribution >= 4 is 6.03 Å². The largest absolute Gasteiger partial charge is 0.396 e. The fourth-order valence-corrected chi connectivity index (χ4v) is 2.02. The van der Waals surface area contributed by atoms with E-state index in [-0.39, 0.29) is 24.6 Å². The molecule has 1 rings (SSSR count). The van der Waals surface area contributed by atoms with Crippen LogP contribution in [0.2, 0.25) is 0 Å². The van der Waals surface area contributed by atoms with Crippen molar-refractivity contribution in [3.8, 4) is 0 Å². The summed E-state index contributed by atoms with van der Waals surface area (Å²) in [6.45, 7) is 8.23. The molecule has 0 spiro atoms. The van der Waals surface area contributed by atoms with Gasteiger partial charge in [-0.1, -0.05) is 12.1 Å². The molecule has 6 heteroatoms. The number of urea groups is 1. The van der Waals surface area contributed by atoms with Crippen molar-refractivity contribution in [1.29, 1.82) is 0 Å². The molecule has 0 aromatic carbocycles. The molecule has 0 saturated heterocycles. The van der Waals surface area contributed by atoms with E-state index in [9.17, 15) is 4.79 Å². The van der Waals surface area contributed by atoms with Crippen LogP contribution in [0.25, 0.3) is 0 Å². The average Bonchev–Trinajstić information content (AvgIpc) is 2.67. The molecule has 2 amide bonds. The van der Waals surface area contributed by atoms with E-state index in [1.807, 2.05) is 27.7 Å². The van der Waals surface area contributed by atoms with E-state index >= 15 is 0 Å². The Balaban J connectivity index is 2.44. The molecule has 3 N–H and O–H groups in total. The number of aliphatic hydroxyl groups is 1. The van der Waals surface area contributed by atoms with E-state index < -0.39 is 0 Å². The van der Waals surface area contributed by atoms with Crippen LogP contribution in [0.15, 0.2) is 4.52 Å². The van der Waals surface area contributed by atoms with Gasteiger partial charge in [0.2, 0.25) is 0 Å². The number of aryl methyl sites for hydroxylation is 2. The Labute approximate surface area is 113 Å². The van der Waals surface area contributed by atoms with E-state index in [1.54, 1.807) is 0 Å². The molecule has 2 atom stereocenters. The number of carbonyl (C=O) groups is 1. The Hall–Kier alpha value is -1.56. The smallest absolute Gasteiger partial charge is 0.315 e. The van der Waals surface area contributed by atoms with Crippen molar-refractivity contribution in [2.75, 3.05) is 13.2 Å². The van der Waals surface area contributed by atoms with Crippen molar-refractivity contribution in [2.24, 2.45) is 5.92 Å². The van der Waals surface area contributed by atoms with Gasteiger partial charge in [-0.15, -0.1) is 0 Å². The maximum Gasteiger partial charge on any atom is 0.315 e. The zero-order chi connectivity index (χ0) is 14.4. The molecule has 0 fully saturated rings. The molecule has 19 heavy (non-hydrogen) atoms. The SMILES string of the molecule is Cc1noc(C)c1C(C)NC(=O)NCC(C)CCO. The first-order valence-electron chi connectivity index (χ1n) is 6.53. The number of nitrogens with zero attached hydrogens (tertiary/aromatic N) is 1.